The minimum Gasteiger partial charge on any atom is -0.380 e. The van der Waals surface area contributed by atoms with E-state index in [1.807, 2.05) is 13.8 Å². The third kappa shape index (κ3) is 7.74. The van der Waals surface area contributed by atoms with Crippen molar-refractivity contribution in [3.05, 3.63) is 0 Å². The van der Waals surface area contributed by atoms with Crippen LogP contribution in [0.2, 0.25) is 0 Å². The summed E-state index contributed by atoms with van der Waals surface area (Å²) in [6.07, 6.45) is -1.26. The van der Waals surface area contributed by atoms with Crippen LogP contribution in [0.1, 0.15) is 39.5 Å². The van der Waals surface area contributed by atoms with E-state index >= 15 is 0 Å². The predicted molar refractivity (Wildman–Crippen MR) is 67.1 cm³/mol. The van der Waals surface area contributed by atoms with Gasteiger partial charge in [0.25, 0.3) is 0 Å². The lowest BCUT2D eigenvalue weighted by Crippen LogP contribution is -2.43. The van der Waals surface area contributed by atoms with E-state index in [0.29, 0.717) is 26.1 Å². The van der Waals surface area contributed by atoms with Crippen LogP contribution in [0.3, 0.4) is 0 Å². The Balaban J connectivity index is 2.25. The second kappa shape index (κ2) is 8.07. The molecule has 1 saturated carbocycles. The van der Waals surface area contributed by atoms with E-state index in [-0.39, 0.29) is 18.2 Å². The van der Waals surface area contributed by atoms with Gasteiger partial charge in [0.1, 0.15) is 6.61 Å². The highest BCUT2D eigenvalue weighted by Gasteiger charge is 2.31. The van der Waals surface area contributed by atoms with Crippen molar-refractivity contribution in [3.8, 4) is 0 Å². The number of hydrogen-bond donors (Lipinski definition) is 1. The molecule has 0 bridgehead atoms. The highest BCUT2D eigenvalue weighted by Crippen LogP contribution is 2.24. The first-order valence-corrected chi connectivity index (χ1v) is 6.93. The monoisotopic (exact) mass is 283 g/mol. The number of hydrogen-bond acceptors (Lipinski definition) is 3. The Hall–Kier alpha value is -0.330. The van der Waals surface area contributed by atoms with Crippen molar-refractivity contribution in [1.29, 1.82) is 0 Å². The van der Waals surface area contributed by atoms with E-state index in [4.69, 9.17) is 9.47 Å². The molecule has 0 aromatic carbocycles. The van der Waals surface area contributed by atoms with Crippen LogP contribution in [-0.4, -0.2) is 44.2 Å². The molecule has 0 amide bonds. The van der Waals surface area contributed by atoms with Gasteiger partial charge in [0, 0.05) is 18.7 Å². The van der Waals surface area contributed by atoms with Crippen molar-refractivity contribution in [3.63, 3.8) is 0 Å². The first-order chi connectivity index (χ1) is 8.90. The highest BCUT2D eigenvalue weighted by atomic mass is 19.4. The lowest BCUT2D eigenvalue weighted by molar-refractivity contribution is -0.188. The van der Waals surface area contributed by atoms with Gasteiger partial charge in [0.15, 0.2) is 0 Å². The molecule has 0 aromatic rings. The summed E-state index contributed by atoms with van der Waals surface area (Å²) in [4.78, 5) is 0. The molecule has 1 N–H and O–H groups in total. The maximum absolute atomic E-state index is 12.1. The molecule has 6 heteroatoms. The van der Waals surface area contributed by atoms with Gasteiger partial charge in [-0.2, -0.15) is 13.2 Å². The second-order valence-corrected chi connectivity index (χ2v) is 5.14. The molecule has 0 radical (unpaired) electrons. The number of ether oxygens (including phenoxy) is 2. The summed E-state index contributed by atoms with van der Waals surface area (Å²) in [5.74, 6) is 0. The van der Waals surface area contributed by atoms with E-state index in [0.717, 1.165) is 12.8 Å². The summed E-state index contributed by atoms with van der Waals surface area (Å²) in [6.45, 7) is 4.12. The Morgan fingerprint density at radius 1 is 1.32 bits per heavy atom. The van der Waals surface area contributed by atoms with Gasteiger partial charge in [-0.25, -0.2) is 0 Å². The zero-order valence-corrected chi connectivity index (χ0v) is 11.6. The van der Waals surface area contributed by atoms with Crippen molar-refractivity contribution in [2.75, 3.05) is 19.8 Å². The van der Waals surface area contributed by atoms with Crippen LogP contribution >= 0.6 is 0 Å². The first kappa shape index (κ1) is 16.7. The van der Waals surface area contributed by atoms with Crippen LogP contribution in [-0.2, 0) is 9.47 Å². The molecule has 0 aromatic heterocycles. The molecule has 0 aliphatic heterocycles. The zero-order chi connectivity index (χ0) is 14.3. The van der Waals surface area contributed by atoms with Crippen LogP contribution < -0.4 is 5.32 Å². The smallest absolute Gasteiger partial charge is 0.380 e. The minimum atomic E-state index is -4.23. The number of halogens is 3. The molecule has 114 valence electrons. The van der Waals surface area contributed by atoms with Crippen LogP contribution in [0.4, 0.5) is 13.2 Å². The zero-order valence-electron chi connectivity index (χ0n) is 11.6. The molecule has 1 fully saturated rings. The molecule has 3 atom stereocenters. The third-order valence-corrected chi connectivity index (χ3v) is 3.20. The molecule has 0 saturated heterocycles. The van der Waals surface area contributed by atoms with Crippen LogP contribution in [0.5, 0.6) is 0 Å². The average molecular weight is 283 g/mol. The largest absolute Gasteiger partial charge is 0.411 e. The van der Waals surface area contributed by atoms with Crippen LogP contribution in [0.15, 0.2) is 0 Å². The fraction of sp³-hybridized carbons (Fsp3) is 1.00. The molecule has 1 aliphatic carbocycles. The van der Waals surface area contributed by atoms with Crippen molar-refractivity contribution in [2.24, 2.45) is 0 Å². The Labute approximate surface area is 112 Å². The van der Waals surface area contributed by atoms with Crippen LogP contribution in [0.25, 0.3) is 0 Å². The second-order valence-electron chi connectivity index (χ2n) is 5.14. The molecule has 0 heterocycles. The summed E-state index contributed by atoms with van der Waals surface area (Å²) in [7, 11) is 0. The first-order valence-electron chi connectivity index (χ1n) is 6.93. The molecular formula is C13H24F3NO2. The summed E-state index contributed by atoms with van der Waals surface area (Å²) in [5, 5.41) is 3.39. The van der Waals surface area contributed by atoms with Gasteiger partial charge in [0.2, 0.25) is 0 Å². The average Bonchev–Trinajstić information content (AvgIpc) is 2.33. The van der Waals surface area contributed by atoms with Crippen molar-refractivity contribution < 1.29 is 22.6 Å². The summed E-state index contributed by atoms with van der Waals surface area (Å²) >= 11 is 0. The van der Waals surface area contributed by atoms with Crippen molar-refractivity contribution in [1.82, 2.24) is 5.32 Å². The summed E-state index contributed by atoms with van der Waals surface area (Å²) in [5.41, 5.74) is 0. The standard InChI is InChI=1S/C13H24F3NO2/c1-3-18-8-10(2)17-11-5-4-6-12(7-11)19-9-13(14,15)16/h10-12,17H,3-9H2,1-2H3. The lowest BCUT2D eigenvalue weighted by Gasteiger charge is -2.32. The van der Waals surface area contributed by atoms with Crippen LogP contribution in [0, 0.1) is 0 Å². The van der Waals surface area contributed by atoms with E-state index < -0.39 is 12.8 Å². The number of alkyl halides is 3. The normalized spacial score (nSPS) is 26.4. The molecular weight excluding hydrogens is 259 g/mol. The van der Waals surface area contributed by atoms with Gasteiger partial charge in [-0.15, -0.1) is 0 Å². The molecule has 3 unspecified atom stereocenters. The van der Waals surface area contributed by atoms with Crippen molar-refractivity contribution >= 4 is 0 Å². The fourth-order valence-electron chi connectivity index (χ4n) is 2.41. The SMILES string of the molecule is CCOCC(C)NC1CCCC(OCC(F)(F)F)C1. The number of rotatable bonds is 7. The number of nitrogens with one attached hydrogen (secondary N) is 1. The highest BCUT2D eigenvalue weighted by molar-refractivity contribution is 4.80. The molecule has 0 spiro atoms. The Morgan fingerprint density at radius 2 is 2.05 bits per heavy atom. The topological polar surface area (TPSA) is 30.5 Å². The van der Waals surface area contributed by atoms with Crippen molar-refractivity contribution in [2.45, 2.75) is 63.9 Å². The predicted octanol–water partition coefficient (Wildman–Crippen LogP) is 2.89. The summed E-state index contributed by atoms with van der Waals surface area (Å²) in [6, 6.07) is 0.439. The summed E-state index contributed by atoms with van der Waals surface area (Å²) < 4.78 is 46.6. The molecule has 1 aliphatic rings. The quantitative estimate of drug-likeness (QED) is 0.779. The molecule has 19 heavy (non-hydrogen) atoms. The minimum absolute atomic E-state index is 0.214. The van der Waals surface area contributed by atoms with E-state index in [2.05, 4.69) is 5.32 Å². The fourth-order valence-corrected chi connectivity index (χ4v) is 2.41. The van der Waals surface area contributed by atoms with Gasteiger partial charge in [-0.05, 0) is 39.5 Å². The Morgan fingerprint density at radius 3 is 2.68 bits per heavy atom. The van der Waals surface area contributed by atoms with Gasteiger partial charge >= 0.3 is 6.18 Å². The van der Waals surface area contributed by atoms with Gasteiger partial charge in [-0.3, -0.25) is 0 Å². The van der Waals surface area contributed by atoms with E-state index in [1.165, 1.54) is 0 Å². The van der Waals surface area contributed by atoms with Gasteiger partial charge in [0.05, 0.1) is 12.7 Å². The lowest BCUT2D eigenvalue weighted by atomic mass is 9.92. The van der Waals surface area contributed by atoms with Gasteiger partial charge < -0.3 is 14.8 Å². The molecule has 3 nitrogen and oxygen atoms in total. The maximum atomic E-state index is 12.1. The Bertz CT molecular complexity index is 249. The maximum Gasteiger partial charge on any atom is 0.411 e. The molecule has 1 rings (SSSR count). The third-order valence-electron chi connectivity index (χ3n) is 3.20. The van der Waals surface area contributed by atoms with E-state index in [1.54, 1.807) is 0 Å². The van der Waals surface area contributed by atoms with Gasteiger partial charge in [-0.1, -0.05) is 0 Å². The Kier molecular flexibility index (Phi) is 7.10. The van der Waals surface area contributed by atoms with E-state index in [9.17, 15) is 13.2 Å².